The Morgan fingerprint density at radius 3 is 2.70 bits per heavy atom. The first kappa shape index (κ1) is 18.1. The van der Waals surface area contributed by atoms with Crippen LogP contribution in [-0.2, 0) is 0 Å². The molecule has 0 aliphatic carbocycles. The van der Waals surface area contributed by atoms with Crippen molar-refractivity contribution in [2.75, 3.05) is 38.6 Å². The number of carbonyl (C=O) groups is 1. The first-order valence-corrected chi connectivity index (χ1v) is 9.66. The molecule has 27 heavy (non-hydrogen) atoms. The first-order chi connectivity index (χ1) is 13.0. The molecule has 2 aliphatic heterocycles. The Morgan fingerprint density at radius 2 is 1.96 bits per heavy atom. The number of amides is 2. The van der Waals surface area contributed by atoms with Crippen LogP contribution in [0.15, 0.2) is 48.5 Å². The SMILES string of the molecule is CN(C)CCCN1CC2C(c3ccccc3)Oc3ccc(Cl)cc3N2C1=O. The largest absolute Gasteiger partial charge is 0.481 e. The highest BCUT2D eigenvalue weighted by molar-refractivity contribution is 6.31. The normalized spacial score (nSPS) is 21.3. The van der Waals surface area contributed by atoms with Crippen molar-refractivity contribution >= 4 is 23.3 Å². The van der Waals surface area contributed by atoms with Crippen molar-refractivity contribution < 1.29 is 9.53 Å². The van der Waals surface area contributed by atoms with E-state index in [9.17, 15) is 4.79 Å². The van der Waals surface area contributed by atoms with Crippen LogP contribution in [-0.4, -0.2) is 55.6 Å². The van der Waals surface area contributed by atoms with Crippen molar-refractivity contribution in [2.45, 2.75) is 18.6 Å². The maximum Gasteiger partial charge on any atom is 0.325 e. The molecule has 6 heteroatoms. The van der Waals surface area contributed by atoms with E-state index in [4.69, 9.17) is 16.3 Å². The first-order valence-electron chi connectivity index (χ1n) is 9.28. The van der Waals surface area contributed by atoms with Crippen LogP contribution in [0.5, 0.6) is 5.75 Å². The van der Waals surface area contributed by atoms with Gasteiger partial charge in [0.15, 0.2) is 0 Å². The van der Waals surface area contributed by atoms with Gasteiger partial charge in [-0.1, -0.05) is 41.9 Å². The molecule has 0 saturated carbocycles. The number of urea groups is 1. The van der Waals surface area contributed by atoms with E-state index in [1.54, 1.807) is 6.07 Å². The van der Waals surface area contributed by atoms with Crippen molar-refractivity contribution in [1.82, 2.24) is 9.80 Å². The summed E-state index contributed by atoms with van der Waals surface area (Å²) >= 11 is 6.21. The van der Waals surface area contributed by atoms with Gasteiger partial charge >= 0.3 is 6.03 Å². The summed E-state index contributed by atoms with van der Waals surface area (Å²) in [6.07, 6.45) is 0.751. The summed E-state index contributed by atoms with van der Waals surface area (Å²) in [6, 6.07) is 15.6. The summed E-state index contributed by atoms with van der Waals surface area (Å²) in [4.78, 5) is 19.2. The maximum absolute atomic E-state index is 13.2. The summed E-state index contributed by atoms with van der Waals surface area (Å²) in [5, 5.41) is 0.605. The Bertz CT molecular complexity index is 827. The minimum Gasteiger partial charge on any atom is -0.481 e. The predicted molar refractivity (Wildman–Crippen MR) is 108 cm³/mol. The number of ether oxygens (including phenoxy) is 1. The van der Waals surface area contributed by atoms with E-state index < -0.39 is 0 Å². The van der Waals surface area contributed by atoms with Crippen LogP contribution < -0.4 is 9.64 Å². The van der Waals surface area contributed by atoms with E-state index in [1.807, 2.05) is 54.2 Å². The summed E-state index contributed by atoms with van der Waals surface area (Å²) in [7, 11) is 4.10. The third kappa shape index (κ3) is 3.49. The summed E-state index contributed by atoms with van der Waals surface area (Å²) in [6.45, 7) is 2.34. The third-order valence-corrected chi connectivity index (χ3v) is 5.40. The molecule has 2 aromatic carbocycles. The molecule has 2 amide bonds. The number of fused-ring (bicyclic) bond motifs is 3. The van der Waals surface area contributed by atoms with Crippen molar-refractivity contribution in [1.29, 1.82) is 0 Å². The average Bonchev–Trinajstić information content (AvgIpc) is 2.98. The van der Waals surface area contributed by atoms with Crippen LogP contribution in [0.25, 0.3) is 0 Å². The highest BCUT2D eigenvalue weighted by atomic mass is 35.5. The van der Waals surface area contributed by atoms with E-state index >= 15 is 0 Å². The van der Waals surface area contributed by atoms with Gasteiger partial charge in [-0.3, -0.25) is 4.90 Å². The number of benzene rings is 2. The van der Waals surface area contributed by atoms with Crippen LogP contribution in [0.4, 0.5) is 10.5 Å². The van der Waals surface area contributed by atoms with E-state index in [2.05, 4.69) is 17.0 Å². The van der Waals surface area contributed by atoms with Crippen LogP contribution in [0, 0.1) is 0 Å². The summed E-state index contributed by atoms with van der Waals surface area (Å²) in [5.41, 5.74) is 1.84. The summed E-state index contributed by atoms with van der Waals surface area (Å²) < 4.78 is 6.34. The highest BCUT2D eigenvalue weighted by Crippen LogP contribution is 2.45. The highest BCUT2D eigenvalue weighted by Gasteiger charge is 2.47. The van der Waals surface area contributed by atoms with E-state index in [0.717, 1.165) is 30.8 Å². The van der Waals surface area contributed by atoms with Crippen molar-refractivity contribution in [3.63, 3.8) is 0 Å². The van der Waals surface area contributed by atoms with E-state index in [0.29, 0.717) is 17.3 Å². The fraction of sp³-hybridized carbons (Fsp3) is 0.381. The molecule has 0 spiro atoms. The fourth-order valence-electron chi connectivity index (χ4n) is 3.88. The topological polar surface area (TPSA) is 36.0 Å². The van der Waals surface area contributed by atoms with Gasteiger partial charge in [0.1, 0.15) is 11.9 Å². The lowest BCUT2D eigenvalue weighted by Gasteiger charge is -2.37. The van der Waals surface area contributed by atoms with Crippen molar-refractivity contribution in [3.8, 4) is 5.75 Å². The Morgan fingerprint density at radius 1 is 1.19 bits per heavy atom. The van der Waals surface area contributed by atoms with Gasteiger partial charge < -0.3 is 14.5 Å². The maximum atomic E-state index is 13.2. The van der Waals surface area contributed by atoms with Crippen LogP contribution in [0.1, 0.15) is 18.1 Å². The molecule has 5 nitrogen and oxygen atoms in total. The standard InChI is InChI=1S/C21H24ClN3O2/c1-23(2)11-6-12-24-14-18-20(15-7-4-3-5-8-15)27-19-10-9-16(22)13-17(19)25(18)21(24)26/h3-5,7-10,13,18,20H,6,11-12,14H2,1-2H3. The second-order valence-electron chi connectivity index (χ2n) is 7.38. The number of rotatable bonds is 5. The molecule has 2 heterocycles. The number of anilines is 1. The predicted octanol–water partition coefficient (Wildman–Crippen LogP) is 4.04. The number of halogens is 1. The number of hydrogen-bond acceptors (Lipinski definition) is 3. The number of hydrogen-bond donors (Lipinski definition) is 0. The van der Waals surface area contributed by atoms with Gasteiger partial charge in [0.25, 0.3) is 0 Å². The monoisotopic (exact) mass is 385 g/mol. The van der Waals surface area contributed by atoms with Crippen LogP contribution in [0.3, 0.4) is 0 Å². The minimum atomic E-state index is -0.192. The lowest BCUT2D eigenvalue weighted by atomic mass is 9.99. The second-order valence-corrected chi connectivity index (χ2v) is 7.82. The lowest BCUT2D eigenvalue weighted by Crippen LogP contribution is -2.43. The zero-order valence-corrected chi connectivity index (χ0v) is 16.4. The smallest absolute Gasteiger partial charge is 0.325 e. The Hall–Kier alpha value is -2.24. The van der Waals surface area contributed by atoms with Crippen LogP contribution in [0.2, 0.25) is 5.02 Å². The zero-order chi connectivity index (χ0) is 19.0. The van der Waals surface area contributed by atoms with E-state index in [-0.39, 0.29) is 18.2 Å². The van der Waals surface area contributed by atoms with Gasteiger partial charge in [-0.2, -0.15) is 0 Å². The molecule has 0 aromatic heterocycles. The van der Waals surface area contributed by atoms with Gasteiger partial charge in [-0.05, 0) is 50.8 Å². The van der Waals surface area contributed by atoms with Crippen LogP contribution >= 0.6 is 11.6 Å². The van der Waals surface area contributed by atoms with Crippen molar-refractivity contribution in [2.24, 2.45) is 0 Å². The number of nitrogens with zero attached hydrogens (tertiary/aromatic N) is 3. The fourth-order valence-corrected chi connectivity index (χ4v) is 4.05. The van der Waals surface area contributed by atoms with Gasteiger partial charge in [0.05, 0.1) is 11.7 Å². The molecule has 4 rings (SSSR count). The second kappa shape index (κ2) is 7.41. The van der Waals surface area contributed by atoms with Gasteiger partial charge in [-0.25, -0.2) is 4.79 Å². The molecule has 2 atom stereocenters. The molecule has 1 fully saturated rings. The van der Waals surface area contributed by atoms with Crippen molar-refractivity contribution in [3.05, 3.63) is 59.1 Å². The quantitative estimate of drug-likeness (QED) is 0.779. The van der Waals surface area contributed by atoms with E-state index in [1.165, 1.54) is 0 Å². The molecule has 0 N–H and O–H groups in total. The zero-order valence-electron chi connectivity index (χ0n) is 15.6. The average molecular weight is 386 g/mol. The molecule has 2 aliphatic rings. The third-order valence-electron chi connectivity index (χ3n) is 5.16. The Balaban J connectivity index is 1.67. The molecule has 2 aromatic rings. The summed E-state index contributed by atoms with van der Waals surface area (Å²) in [5.74, 6) is 0.702. The van der Waals surface area contributed by atoms with Gasteiger partial charge in [0, 0.05) is 18.1 Å². The lowest BCUT2D eigenvalue weighted by molar-refractivity contribution is 0.159. The van der Waals surface area contributed by atoms with Gasteiger partial charge in [-0.15, -0.1) is 0 Å². The molecule has 2 unspecified atom stereocenters. The molecule has 1 saturated heterocycles. The molecule has 0 bridgehead atoms. The molecule has 0 radical (unpaired) electrons. The Kier molecular flexibility index (Phi) is 4.98. The molecular formula is C21H24ClN3O2. The molecule has 142 valence electrons. The number of carbonyl (C=O) groups excluding carboxylic acids is 1. The molecular weight excluding hydrogens is 362 g/mol. The van der Waals surface area contributed by atoms with Gasteiger partial charge in [0.2, 0.25) is 0 Å². The Labute approximate surface area is 165 Å². The minimum absolute atomic E-state index is 0.0338.